The van der Waals surface area contributed by atoms with Gasteiger partial charge < -0.3 is 15.4 Å². The van der Waals surface area contributed by atoms with Gasteiger partial charge in [-0.25, -0.2) is 0 Å². The number of nitrogens with one attached hydrogen (secondary N) is 2. The first-order valence-corrected chi connectivity index (χ1v) is 7.61. The summed E-state index contributed by atoms with van der Waals surface area (Å²) in [6.07, 6.45) is 0. The third kappa shape index (κ3) is 5.53. The molecule has 24 heavy (non-hydrogen) atoms. The topological polar surface area (TPSA) is 45.7 Å². The number of guanidine groups is 1. The van der Waals surface area contributed by atoms with E-state index in [9.17, 15) is 8.78 Å². The van der Waals surface area contributed by atoms with E-state index in [-0.39, 0.29) is 5.75 Å². The maximum absolute atomic E-state index is 12.5. The summed E-state index contributed by atoms with van der Waals surface area (Å²) >= 11 is 0. The molecule has 0 radical (unpaired) electrons. The summed E-state index contributed by atoms with van der Waals surface area (Å²) in [5, 5.41) is 6.29. The molecule has 0 aliphatic rings. The SMILES string of the molecule is CN=C(NCc1ccccc1)NCc1cc(C)ccc1OC(F)F. The predicted molar refractivity (Wildman–Crippen MR) is 91.3 cm³/mol. The Morgan fingerprint density at radius 2 is 1.79 bits per heavy atom. The Labute approximate surface area is 140 Å². The molecule has 0 aromatic heterocycles. The molecule has 2 aromatic rings. The Balaban J connectivity index is 1.96. The van der Waals surface area contributed by atoms with Gasteiger partial charge in [0.15, 0.2) is 5.96 Å². The Morgan fingerprint density at radius 1 is 1.08 bits per heavy atom. The van der Waals surface area contributed by atoms with Crippen molar-refractivity contribution < 1.29 is 13.5 Å². The first-order chi connectivity index (χ1) is 11.6. The normalized spacial score (nSPS) is 11.5. The standard InChI is InChI=1S/C18H21F2N3O/c1-13-8-9-16(24-17(19)20)15(10-13)12-23-18(21-2)22-11-14-6-4-3-5-7-14/h3-10,17H,11-12H2,1-2H3,(H2,21,22,23). The van der Waals surface area contributed by atoms with Gasteiger partial charge in [-0.15, -0.1) is 0 Å². The summed E-state index contributed by atoms with van der Waals surface area (Å²) in [5.74, 6) is 0.755. The average Bonchev–Trinajstić information content (AvgIpc) is 2.58. The fraction of sp³-hybridized carbons (Fsp3) is 0.278. The molecule has 0 atom stereocenters. The van der Waals surface area contributed by atoms with Crippen LogP contribution in [0, 0.1) is 6.92 Å². The van der Waals surface area contributed by atoms with Crippen molar-refractivity contribution in [2.24, 2.45) is 4.99 Å². The van der Waals surface area contributed by atoms with Gasteiger partial charge in [-0.2, -0.15) is 8.78 Å². The van der Waals surface area contributed by atoms with E-state index in [1.807, 2.05) is 43.3 Å². The van der Waals surface area contributed by atoms with Crippen molar-refractivity contribution in [2.75, 3.05) is 7.05 Å². The molecule has 0 spiro atoms. The second kappa shape index (κ2) is 8.86. The van der Waals surface area contributed by atoms with E-state index in [1.54, 1.807) is 19.2 Å². The summed E-state index contributed by atoms with van der Waals surface area (Å²) in [7, 11) is 1.66. The minimum absolute atomic E-state index is 0.168. The lowest BCUT2D eigenvalue weighted by molar-refractivity contribution is -0.0504. The molecule has 2 aromatic carbocycles. The van der Waals surface area contributed by atoms with Crippen LogP contribution in [0.5, 0.6) is 5.75 Å². The lowest BCUT2D eigenvalue weighted by Crippen LogP contribution is -2.36. The molecule has 0 unspecified atom stereocenters. The molecule has 0 aliphatic carbocycles. The second-order valence-corrected chi connectivity index (χ2v) is 5.25. The maximum Gasteiger partial charge on any atom is 0.387 e. The molecule has 0 bridgehead atoms. The van der Waals surface area contributed by atoms with E-state index < -0.39 is 6.61 Å². The van der Waals surface area contributed by atoms with E-state index in [4.69, 9.17) is 0 Å². The summed E-state index contributed by atoms with van der Waals surface area (Å²) in [4.78, 5) is 4.14. The van der Waals surface area contributed by atoms with E-state index >= 15 is 0 Å². The van der Waals surface area contributed by atoms with Crippen molar-refractivity contribution >= 4 is 5.96 Å². The molecule has 128 valence electrons. The number of rotatable bonds is 6. The van der Waals surface area contributed by atoms with Crippen LogP contribution in [-0.2, 0) is 13.1 Å². The van der Waals surface area contributed by atoms with Gasteiger partial charge >= 0.3 is 6.61 Å². The van der Waals surface area contributed by atoms with E-state index in [0.717, 1.165) is 11.1 Å². The highest BCUT2D eigenvalue weighted by Crippen LogP contribution is 2.21. The summed E-state index contributed by atoms with van der Waals surface area (Å²) in [5.41, 5.74) is 2.75. The molecule has 0 saturated heterocycles. The van der Waals surface area contributed by atoms with Crippen molar-refractivity contribution in [3.8, 4) is 5.75 Å². The number of halogens is 2. The number of alkyl halides is 2. The zero-order valence-electron chi connectivity index (χ0n) is 13.7. The van der Waals surface area contributed by atoms with Gasteiger partial charge in [-0.05, 0) is 18.6 Å². The monoisotopic (exact) mass is 333 g/mol. The van der Waals surface area contributed by atoms with Crippen LogP contribution in [0.1, 0.15) is 16.7 Å². The Kier molecular flexibility index (Phi) is 6.54. The molecular formula is C18H21F2N3O. The third-order valence-electron chi connectivity index (χ3n) is 3.40. The average molecular weight is 333 g/mol. The van der Waals surface area contributed by atoms with Crippen LogP contribution in [0.4, 0.5) is 8.78 Å². The first kappa shape index (κ1) is 17.7. The highest BCUT2D eigenvalue weighted by Gasteiger charge is 2.10. The lowest BCUT2D eigenvalue weighted by atomic mass is 10.1. The molecular weight excluding hydrogens is 312 g/mol. The molecule has 0 aliphatic heterocycles. The van der Waals surface area contributed by atoms with Crippen molar-refractivity contribution in [1.29, 1.82) is 0 Å². The molecule has 0 saturated carbocycles. The quantitative estimate of drug-likeness (QED) is 0.629. The Morgan fingerprint density at radius 3 is 2.46 bits per heavy atom. The highest BCUT2D eigenvalue weighted by molar-refractivity contribution is 5.79. The summed E-state index contributed by atoms with van der Waals surface area (Å²) in [6.45, 7) is 0.00684. The van der Waals surface area contributed by atoms with Gasteiger partial charge in [0.25, 0.3) is 0 Å². The van der Waals surface area contributed by atoms with Gasteiger partial charge in [-0.1, -0.05) is 48.0 Å². The number of benzene rings is 2. The van der Waals surface area contributed by atoms with Crippen molar-refractivity contribution in [3.05, 3.63) is 65.2 Å². The molecule has 6 heteroatoms. The molecule has 0 heterocycles. The zero-order chi connectivity index (χ0) is 17.4. The smallest absolute Gasteiger partial charge is 0.387 e. The van der Waals surface area contributed by atoms with Crippen LogP contribution in [0.2, 0.25) is 0 Å². The zero-order valence-corrected chi connectivity index (χ0v) is 13.7. The fourth-order valence-electron chi connectivity index (χ4n) is 2.24. The molecule has 2 N–H and O–H groups in total. The van der Waals surface area contributed by atoms with Crippen molar-refractivity contribution in [2.45, 2.75) is 26.6 Å². The minimum atomic E-state index is -2.85. The summed E-state index contributed by atoms with van der Waals surface area (Å²) < 4.78 is 29.6. The van der Waals surface area contributed by atoms with Crippen molar-refractivity contribution in [1.82, 2.24) is 10.6 Å². The van der Waals surface area contributed by atoms with Crippen LogP contribution in [0.25, 0.3) is 0 Å². The predicted octanol–water partition coefficient (Wildman–Crippen LogP) is 3.46. The van der Waals surface area contributed by atoms with Gasteiger partial charge in [0.05, 0.1) is 0 Å². The van der Waals surface area contributed by atoms with Crippen molar-refractivity contribution in [3.63, 3.8) is 0 Å². The molecule has 2 rings (SSSR count). The highest BCUT2D eigenvalue weighted by atomic mass is 19.3. The number of nitrogens with zero attached hydrogens (tertiary/aromatic N) is 1. The number of hydrogen-bond donors (Lipinski definition) is 2. The van der Waals surface area contributed by atoms with Gasteiger partial charge in [-0.3, -0.25) is 4.99 Å². The maximum atomic E-state index is 12.5. The van der Waals surface area contributed by atoms with Crippen LogP contribution in [0.3, 0.4) is 0 Å². The van der Waals surface area contributed by atoms with Crippen LogP contribution < -0.4 is 15.4 Å². The van der Waals surface area contributed by atoms with Crippen LogP contribution >= 0.6 is 0 Å². The fourth-order valence-corrected chi connectivity index (χ4v) is 2.24. The minimum Gasteiger partial charge on any atom is -0.434 e. The van der Waals surface area contributed by atoms with E-state index in [0.29, 0.717) is 24.6 Å². The van der Waals surface area contributed by atoms with E-state index in [2.05, 4.69) is 20.4 Å². The number of hydrogen-bond acceptors (Lipinski definition) is 2. The molecule has 0 fully saturated rings. The van der Waals surface area contributed by atoms with Crippen LogP contribution in [-0.4, -0.2) is 19.6 Å². The van der Waals surface area contributed by atoms with Gasteiger partial charge in [0, 0.05) is 25.7 Å². The Hall–Kier alpha value is -2.63. The number of aryl methyl sites for hydroxylation is 1. The molecule has 4 nitrogen and oxygen atoms in total. The largest absolute Gasteiger partial charge is 0.434 e. The van der Waals surface area contributed by atoms with Gasteiger partial charge in [0.1, 0.15) is 5.75 Å². The number of ether oxygens (including phenoxy) is 1. The van der Waals surface area contributed by atoms with Gasteiger partial charge in [0.2, 0.25) is 0 Å². The lowest BCUT2D eigenvalue weighted by Gasteiger charge is -2.15. The third-order valence-corrected chi connectivity index (χ3v) is 3.40. The van der Waals surface area contributed by atoms with E-state index in [1.165, 1.54) is 0 Å². The first-order valence-electron chi connectivity index (χ1n) is 7.61. The summed E-state index contributed by atoms with van der Waals surface area (Å²) in [6, 6.07) is 15.0. The Bertz CT molecular complexity index is 675. The molecule has 0 amide bonds. The number of aliphatic imine (C=N–C) groups is 1. The van der Waals surface area contributed by atoms with Crippen LogP contribution in [0.15, 0.2) is 53.5 Å². The second-order valence-electron chi connectivity index (χ2n) is 5.25.